The molecule has 3 aliphatic heterocycles. The van der Waals surface area contributed by atoms with Crippen LogP contribution in [0.1, 0.15) is 46.0 Å². The minimum absolute atomic E-state index is 0.109. The summed E-state index contributed by atoms with van der Waals surface area (Å²) in [4.78, 5) is 72.2. The number of ether oxygens (including phenoxy) is 3. The number of nitro groups is 1. The summed E-state index contributed by atoms with van der Waals surface area (Å²) in [5.74, 6) is -3.96. The first-order valence-electron chi connectivity index (χ1n) is 18.2. The van der Waals surface area contributed by atoms with Gasteiger partial charge < -0.3 is 25.1 Å². The van der Waals surface area contributed by atoms with Crippen molar-refractivity contribution < 1.29 is 43.4 Å². The number of non-ortho nitro benzene ring substituents is 1. The average Bonchev–Trinajstić information content (AvgIpc) is 3.69. The van der Waals surface area contributed by atoms with Crippen LogP contribution in [0.4, 0.5) is 16.2 Å². The number of hydrogen-bond donors (Lipinski definition) is 2. The topological polar surface area (TPSA) is 192 Å². The third-order valence-corrected chi connectivity index (χ3v) is 10.9. The number of carbonyl (C=O) groups excluding carboxylic acids is 4. The number of nitrogens with two attached hydrogens (primary N) is 1. The molecule has 14 nitrogen and oxygen atoms in total. The number of carbonyl (C=O) groups is 4. The first kappa shape index (κ1) is 37.0. The third kappa shape index (κ3) is 6.06. The van der Waals surface area contributed by atoms with E-state index in [1.807, 2.05) is 65.6 Å². The first-order valence-corrected chi connectivity index (χ1v) is 18.2. The van der Waals surface area contributed by atoms with Gasteiger partial charge in [-0.3, -0.25) is 29.4 Å². The van der Waals surface area contributed by atoms with Gasteiger partial charge in [-0.1, -0.05) is 97.1 Å². The third-order valence-electron chi connectivity index (χ3n) is 10.9. The molecule has 0 bridgehead atoms. The summed E-state index contributed by atoms with van der Waals surface area (Å²) in [5, 5.41) is 21.0. The van der Waals surface area contributed by atoms with Gasteiger partial charge in [0.05, 0.1) is 35.2 Å². The van der Waals surface area contributed by atoms with Gasteiger partial charge in [-0.2, -0.15) is 0 Å². The van der Waals surface area contributed by atoms with Gasteiger partial charge in [0.1, 0.15) is 36.5 Å². The summed E-state index contributed by atoms with van der Waals surface area (Å²) in [6.07, 6.45) is -2.01. The molecule has 5 aromatic carbocycles. The van der Waals surface area contributed by atoms with Gasteiger partial charge in [0.2, 0.25) is 11.8 Å². The molecule has 3 heterocycles. The van der Waals surface area contributed by atoms with E-state index < -0.39 is 64.4 Å². The van der Waals surface area contributed by atoms with Crippen molar-refractivity contribution in [3.63, 3.8) is 0 Å². The molecule has 0 aromatic heterocycles. The Kier molecular flexibility index (Phi) is 9.73. The quantitative estimate of drug-likeness (QED) is 0.104. The van der Waals surface area contributed by atoms with E-state index in [9.17, 15) is 29.6 Å². The fraction of sp³-hybridized carbons (Fsp3) is 0.209. The molecular formula is C43H36N4O10. The monoisotopic (exact) mass is 768 g/mol. The molecule has 6 unspecified atom stereocenters. The van der Waals surface area contributed by atoms with Gasteiger partial charge in [0, 0.05) is 17.7 Å². The van der Waals surface area contributed by atoms with E-state index in [1.54, 1.807) is 48.5 Å². The normalized spacial score (nSPS) is 23.7. The number of para-hydroxylation sites is 2. The molecule has 57 heavy (non-hydrogen) atoms. The Labute approximate surface area is 326 Å². The number of amides is 3. The number of primary amides is 1. The van der Waals surface area contributed by atoms with E-state index in [-0.39, 0.29) is 42.5 Å². The summed E-state index contributed by atoms with van der Waals surface area (Å²) >= 11 is 0. The molecule has 6 atom stereocenters. The molecule has 3 N–H and O–H groups in total. The second-order valence-corrected chi connectivity index (χ2v) is 13.9. The van der Waals surface area contributed by atoms with Crippen LogP contribution in [0, 0.1) is 16.0 Å². The number of esters is 1. The predicted octanol–water partition coefficient (Wildman–Crippen LogP) is 5.45. The molecular weight excluding hydrogens is 732 g/mol. The second-order valence-electron chi connectivity index (χ2n) is 13.9. The van der Waals surface area contributed by atoms with Crippen LogP contribution in [0.15, 0.2) is 133 Å². The van der Waals surface area contributed by atoms with E-state index in [0.29, 0.717) is 22.3 Å². The lowest BCUT2D eigenvalue weighted by atomic mass is 9.65. The molecule has 14 heteroatoms. The van der Waals surface area contributed by atoms with Crippen molar-refractivity contribution in [3.8, 4) is 5.75 Å². The number of benzene rings is 5. The molecule has 3 amide bonds. The number of imide groups is 1. The maximum Gasteiger partial charge on any atom is 0.421 e. The highest BCUT2D eigenvalue weighted by Gasteiger charge is 2.75. The van der Waals surface area contributed by atoms with Crippen LogP contribution in [-0.4, -0.2) is 58.1 Å². The van der Waals surface area contributed by atoms with Crippen molar-refractivity contribution in [2.75, 3.05) is 18.1 Å². The van der Waals surface area contributed by atoms with Crippen molar-refractivity contribution >= 4 is 35.3 Å². The van der Waals surface area contributed by atoms with Crippen LogP contribution in [-0.2, 0) is 35.9 Å². The molecule has 1 spiro atoms. The number of rotatable bonds is 10. The van der Waals surface area contributed by atoms with Crippen LogP contribution in [0.2, 0.25) is 0 Å². The minimum Gasteiger partial charge on any atom is -0.491 e. The van der Waals surface area contributed by atoms with Crippen molar-refractivity contribution in [1.29, 1.82) is 0 Å². The Morgan fingerprint density at radius 2 is 1.46 bits per heavy atom. The molecule has 288 valence electrons. The van der Waals surface area contributed by atoms with Gasteiger partial charge in [0.15, 0.2) is 0 Å². The lowest BCUT2D eigenvalue weighted by Crippen LogP contribution is -2.55. The highest BCUT2D eigenvalue weighted by molar-refractivity contribution is 6.23. The van der Waals surface area contributed by atoms with Crippen LogP contribution in [0.5, 0.6) is 5.75 Å². The summed E-state index contributed by atoms with van der Waals surface area (Å²) in [6, 6.07) is 33.7. The lowest BCUT2D eigenvalue weighted by Gasteiger charge is -2.46. The van der Waals surface area contributed by atoms with Crippen molar-refractivity contribution in [1.82, 2.24) is 4.90 Å². The maximum atomic E-state index is 15.7. The lowest BCUT2D eigenvalue weighted by molar-refractivity contribution is -0.384. The van der Waals surface area contributed by atoms with Gasteiger partial charge in [0.25, 0.3) is 5.69 Å². The number of hydrogen-bond acceptors (Lipinski definition) is 11. The smallest absolute Gasteiger partial charge is 0.421 e. The van der Waals surface area contributed by atoms with Gasteiger partial charge in [-0.05, 0) is 46.5 Å². The van der Waals surface area contributed by atoms with Crippen LogP contribution < -0.4 is 15.4 Å². The number of fused-ring (bicyclic) bond motifs is 3. The highest BCUT2D eigenvalue weighted by Crippen LogP contribution is 2.66. The van der Waals surface area contributed by atoms with E-state index >= 15 is 4.79 Å². The summed E-state index contributed by atoms with van der Waals surface area (Å²) in [7, 11) is 0. The minimum atomic E-state index is -2.05. The van der Waals surface area contributed by atoms with E-state index in [4.69, 9.17) is 19.9 Å². The fourth-order valence-corrected chi connectivity index (χ4v) is 8.76. The van der Waals surface area contributed by atoms with Crippen molar-refractivity contribution in [3.05, 3.63) is 171 Å². The summed E-state index contributed by atoms with van der Waals surface area (Å²) in [5.41, 5.74) is 6.70. The van der Waals surface area contributed by atoms with Crippen molar-refractivity contribution in [2.45, 2.75) is 36.3 Å². The predicted molar refractivity (Wildman–Crippen MR) is 203 cm³/mol. The zero-order valence-corrected chi connectivity index (χ0v) is 30.3. The molecule has 2 saturated heterocycles. The van der Waals surface area contributed by atoms with E-state index in [2.05, 4.69) is 0 Å². The largest absolute Gasteiger partial charge is 0.491 e. The number of nitrogens with zero attached hydrogens (tertiary/aromatic N) is 3. The number of aliphatic hydroxyl groups is 1. The first-order chi connectivity index (χ1) is 27.7. The number of aliphatic hydroxyl groups excluding tert-OH is 1. The Balaban J connectivity index is 1.35. The van der Waals surface area contributed by atoms with Gasteiger partial charge >= 0.3 is 12.1 Å². The van der Waals surface area contributed by atoms with Gasteiger partial charge in [-0.25, -0.2) is 9.69 Å². The molecule has 2 fully saturated rings. The summed E-state index contributed by atoms with van der Waals surface area (Å²) < 4.78 is 18.1. The number of nitro benzene ring substituents is 1. The zero-order chi connectivity index (χ0) is 39.8. The Hall–Kier alpha value is -6.90. The zero-order valence-electron chi connectivity index (χ0n) is 30.3. The SMILES string of the molecule is NC(=O)C1C2C(=O)OC(c3ccccc3)C(c3ccccc3)N2C(c2ccccc2OCCO)C12C(=O)N(C(=O)OCc1ccc([N+](=O)[O-])cc1)c1ccccc12. The second kappa shape index (κ2) is 15.0. The standard InChI is InChI=1S/C43H36N4O10/c44-39(49)34-36-40(50)57-37(28-13-5-2-6-14-28)35(27-11-3-1-4-12-27)46(36)38(30-15-7-10-18-33(30)55-24-23-48)43(34)31-16-8-9-17-32(31)45(41(43)51)42(52)56-25-26-19-21-29(22-20-26)47(53)54/h1-22,34-38,48H,23-25H2,(H2,44,49). The molecule has 0 saturated carbocycles. The number of morpholine rings is 1. The molecule has 8 rings (SSSR count). The maximum absolute atomic E-state index is 15.7. The molecule has 0 radical (unpaired) electrons. The summed E-state index contributed by atoms with van der Waals surface area (Å²) in [6.45, 7) is -0.778. The van der Waals surface area contributed by atoms with E-state index in [1.165, 1.54) is 24.3 Å². The van der Waals surface area contributed by atoms with Gasteiger partial charge in [-0.15, -0.1) is 0 Å². The Morgan fingerprint density at radius 3 is 2.12 bits per heavy atom. The fourth-order valence-electron chi connectivity index (χ4n) is 8.76. The van der Waals surface area contributed by atoms with Crippen LogP contribution in [0.25, 0.3) is 0 Å². The van der Waals surface area contributed by atoms with Crippen molar-refractivity contribution in [2.24, 2.45) is 11.7 Å². The molecule has 0 aliphatic carbocycles. The highest BCUT2D eigenvalue weighted by atomic mass is 16.6. The van der Waals surface area contributed by atoms with E-state index in [0.717, 1.165) is 4.90 Å². The number of anilines is 1. The van der Waals surface area contributed by atoms with Crippen LogP contribution in [0.3, 0.4) is 0 Å². The average molecular weight is 769 g/mol. The molecule has 3 aliphatic rings. The Morgan fingerprint density at radius 1 is 0.825 bits per heavy atom. The number of cyclic esters (lactones) is 1. The molecule has 5 aromatic rings. The van der Waals surface area contributed by atoms with Crippen LogP contribution >= 0.6 is 0 Å². The Bertz CT molecular complexity index is 2360.